The minimum Gasteiger partial charge on any atom is -0.347 e. The molecule has 2 aliphatic rings. The van der Waals surface area contributed by atoms with E-state index in [1.807, 2.05) is 0 Å². The lowest BCUT2D eigenvalue weighted by Gasteiger charge is -2.36. The van der Waals surface area contributed by atoms with E-state index in [0.29, 0.717) is 6.04 Å². The molecule has 0 bridgehead atoms. The summed E-state index contributed by atoms with van der Waals surface area (Å²) < 4.78 is 0. The third-order valence-corrected chi connectivity index (χ3v) is 3.37. The summed E-state index contributed by atoms with van der Waals surface area (Å²) in [5.41, 5.74) is 0. The lowest BCUT2D eigenvalue weighted by atomic mass is 9.92. The Hall–Kier alpha value is -0.505. The van der Waals surface area contributed by atoms with E-state index in [9.17, 15) is 4.79 Å². The Morgan fingerprint density at radius 1 is 1.46 bits per heavy atom. The van der Waals surface area contributed by atoms with Gasteiger partial charge >= 0.3 is 0 Å². The summed E-state index contributed by atoms with van der Waals surface area (Å²) in [4.78, 5) is 15.8. The topological polar surface area (TPSA) is 23.6 Å². The van der Waals surface area contributed by atoms with Crippen LogP contribution >= 0.6 is 0 Å². The Labute approximate surface area is 80.5 Å². The van der Waals surface area contributed by atoms with Crippen LogP contribution in [0, 0.1) is 5.92 Å². The van der Waals surface area contributed by atoms with Crippen LogP contribution in [0.2, 0.25) is 0 Å². The van der Waals surface area contributed by atoms with Gasteiger partial charge in [-0.1, -0.05) is 0 Å². The lowest BCUT2D eigenvalue weighted by molar-refractivity contribution is -0.133. The Balaban J connectivity index is 2.09. The van der Waals surface area contributed by atoms with Crippen molar-refractivity contribution in [1.29, 1.82) is 0 Å². The van der Waals surface area contributed by atoms with Crippen LogP contribution in [0.4, 0.5) is 0 Å². The number of carbonyl (C=O) groups is 1. The maximum Gasteiger partial charge on any atom is 0.219 e. The Morgan fingerprint density at radius 3 is 2.92 bits per heavy atom. The predicted octanol–water partition coefficient (Wildman–Crippen LogP) is -0.523. The zero-order valence-electron chi connectivity index (χ0n) is 8.49. The Kier molecular flexibility index (Phi) is 2.32. The van der Waals surface area contributed by atoms with Crippen LogP contribution in [0.5, 0.6) is 0 Å². The summed E-state index contributed by atoms with van der Waals surface area (Å²) in [6.45, 7) is 4.92. The second-order valence-electron chi connectivity index (χ2n) is 4.40. The van der Waals surface area contributed by atoms with Gasteiger partial charge in [-0.15, -0.1) is 0 Å². The van der Waals surface area contributed by atoms with E-state index in [1.165, 1.54) is 19.4 Å². The Bertz CT molecular complexity index is 222. The molecule has 0 radical (unpaired) electrons. The minimum absolute atomic E-state index is 0.255. The van der Waals surface area contributed by atoms with Crippen molar-refractivity contribution in [2.24, 2.45) is 5.92 Å². The molecule has 1 amide bonds. The van der Waals surface area contributed by atoms with Gasteiger partial charge in [0, 0.05) is 26.1 Å². The van der Waals surface area contributed by atoms with Gasteiger partial charge in [-0.25, -0.2) is 0 Å². The molecule has 3 nitrogen and oxygen atoms in total. The third kappa shape index (κ3) is 1.59. The van der Waals surface area contributed by atoms with Gasteiger partial charge in [-0.2, -0.15) is 0 Å². The van der Waals surface area contributed by atoms with Crippen molar-refractivity contribution < 1.29 is 4.79 Å². The monoisotopic (exact) mass is 180 g/mol. The molecule has 2 rings (SSSR count). The van der Waals surface area contributed by atoms with Crippen LogP contribution in [0.25, 0.3) is 0 Å². The highest BCUT2D eigenvalue weighted by Crippen LogP contribution is 2.29. The second-order valence-corrected chi connectivity index (χ2v) is 4.40. The number of carbonyl (C=O) groups excluding carboxylic acids is 1. The molecule has 0 aliphatic carbocycles. The normalized spacial score (nSPS) is 34.7. The molecule has 0 saturated carbocycles. The molecule has 2 fully saturated rings. The van der Waals surface area contributed by atoms with Crippen LogP contribution < -0.4 is 0 Å². The maximum absolute atomic E-state index is 11.4. The fourth-order valence-electron chi connectivity index (χ4n) is 2.78. The van der Waals surface area contributed by atoms with E-state index in [4.69, 9.17) is 0 Å². The van der Waals surface area contributed by atoms with Crippen molar-refractivity contribution in [2.75, 3.05) is 19.6 Å². The van der Waals surface area contributed by atoms with E-state index >= 15 is 0 Å². The van der Waals surface area contributed by atoms with Gasteiger partial charge in [0.2, 0.25) is 5.91 Å². The molecule has 2 aliphatic heterocycles. The molecule has 13 heavy (non-hydrogen) atoms. The molecule has 2 atom stereocenters. The molecule has 0 unspecified atom stereocenters. The lowest BCUT2D eigenvalue weighted by Crippen LogP contribution is -2.47. The number of hydrogen-bond acceptors (Lipinski definition) is 2. The number of nitrogens with zero attached hydrogens (tertiary/aromatic N) is 2. The molecule has 2 heterocycles. The van der Waals surface area contributed by atoms with Crippen molar-refractivity contribution in [3.05, 3.63) is 0 Å². The van der Waals surface area contributed by atoms with Gasteiger partial charge in [0.05, 0.1) is 0 Å². The Morgan fingerprint density at radius 2 is 2.23 bits per heavy atom. The highest BCUT2D eigenvalue weighted by molar-refractivity contribution is 6.04. The quantitative estimate of drug-likeness (QED) is 0.468. The van der Waals surface area contributed by atoms with Crippen molar-refractivity contribution in [2.45, 2.75) is 25.8 Å². The van der Waals surface area contributed by atoms with Gasteiger partial charge in [-0.05, 0) is 25.3 Å². The van der Waals surface area contributed by atoms with Crippen LogP contribution in [0.1, 0.15) is 19.8 Å². The third-order valence-electron chi connectivity index (χ3n) is 3.37. The number of likely N-dealkylation sites (tertiary alicyclic amines) is 1. The first kappa shape index (κ1) is 9.07. The molecule has 0 aromatic heterocycles. The molecule has 0 aromatic carbocycles. The van der Waals surface area contributed by atoms with Gasteiger partial charge in [0.15, 0.2) is 7.98 Å². The van der Waals surface area contributed by atoms with E-state index < -0.39 is 0 Å². The zero-order chi connectivity index (χ0) is 9.42. The van der Waals surface area contributed by atoms with Crippen LogP contribution in [-0.2, 0) is 4.79 Å². The summed E-state index contributed by atoms with van der Waals surface area (Å²) in [6, 6.07) is 0.510. The molecule has 0 aromatic rings. The smallest absolute Gasteiger partial charge is 0.219 e. The van der Waals surface area contributed by atoms with Gasteiger partial charge in [0.25, 0.3) is 0 Å². The molecular weight excluding hydrogens is 163 g/mol. The van der Waals surface area contributed by atoms with E-state index in [1.54, 1.807) is 6.92 Å². The van der Waals surface area contributed by atoms with Gasteiger partial charge < -0.3 is 9.71 Å². The predicted molar refractivity (Wildman–Crippen MR) is 54.0 cm³/mol. The summed E-state index contributed by atoms with van der Waals surface area (Å²) in [5, 5.41) is 0. The summed E-state index contributed by atoms with van der Waals surface area (Å²) in [7, 11) is 2.15. The van der Waals surface area contributed by atoms with E-state index in [-0.39, 0.29) is 5.91 Å². The number of amides is 1. The first-order chi connectivity index (χ1) is 6.18. The van der Waals surface area contributed by atoms with Crippen molar-refractivity contribution in [3.8, 4) is 0 Å². The van der Waals surface area contributed by atoms with Crippen molar-refractivity contribution in [1.82, 2.24) is 9.71 Å². The second kappa shape index (κ2) is 3.33. The molecule has 0 N–H and O–H groups in total. The summed E-state index contributed by atoms with van der Waals surface area (Å²) in [6.07, 6.45) is 2.49. The number of rotatable bonds is 0. The minimum atomic E-state index is 0.255. The highest BCUT2D eigenvalue weighted by Gasteiger charge is 2.38. The number of hydrogen-bond donors (Lipinski definition) is 0. The number of piperidine rings is 1. The molecule has 2 saturated heterocycles. The largest absolute Gasteiger partial charge is 0.347 e. The molecular formula is C9H17BN2O. The zero-order valence-corrected chi connectivity index (χ0v) is 8.49. The number of fused-ring (bicyclic) bond motifs is 1. The highest BCUT2D eigenvalue weighted by atomic mass is 16.2. The van der Waals surface area contributed by atoms with E-state index in [2.05, 4.69) is 17.7 Å². The van der Waals surface area contributed by atoms with Crippen LogP contribution in [0.15, 0.2) is 0 Å². The first-order valence-corrected chi connectivity index (χ1v) is 5.14. The molecule has 0 spiro atoms. The fourth-order valence-corrected chi connectivity index (χ4v) is 2.78. The van der Waals surface area contributed by atoms with Crippen LogP contribution in [-0.4, -0.2) is 49.3 Å². The average Bonchev–Trinajstić information content (AvgIpc) is 2.43. The van der Waals surface area contributed by atoms with Crippen LogP contribution in [0.3, 0.4) is 0 Å². The standard InChI is InChI=1S/C9H17BN2O/c1-7(13)12-4-2-3-8-5-11(10)6-9(8)12/h8-9H,2-6,10H2,1H3/t8-,9+/m1/s1. The maximum atomic E-state index is 11.4. The van der Waals surface area contributed by atoms with E-state index in [0.717, 1.165) is 19.0 Å². The van der Waals surface area contributed by atoms with Crippen molar-refractivity contribution >= 4 is 13.9 Å². The molecule has 4 heteroatoms. The fraction of sp³-hybridized carbons (Fsp3) is 0.889. The average molecular weight is 180 g/mol. The summed E-state index contributed by atoms with van der Waals surface area (Å²) in [5.74, 6) is 0.993. The first-order valence-electron chi connectivity index (χ1n) is 5.14. The SMILES string of the molecule is BN1C[C@H]2CCCN(C(C)=O)[C@H]2C1. The summed E-state index contributed by atoms with van der Waals surface area (Å²) >= 11 is 0. The van der Waals surface area contributed by atoms with Gasteiger partial charge in [0.1, 0.15) is 0 Å². The van der Waals surface area contributed by atoms with Gasteiger partial charge in [-0.3, -0.25) is 4.79 Å². The molecule has 72 valence electrons. The van der Waals surface area contributed by atoms with Crippen molar-refractivity contribution in [3.63, 3.8) is 0 Å².